The van der Waals surface area contributed by atoms with Gasteiger partial charge in [-0.1, -0.05) is 60.7 Å². The lowest BCUT2D eigenvalue weighted by Crippen LogP contribution is -2.22. The highest BCUT2D eigenvalue weighted by atomic mass is 79.9. The van der Waals surface area contributed by atoms with Crippen molar-refractivity contribution in [2.45, 2.75) is 5.92 Å². The second kappa shape index (κ2) is 7.09. The first-order chi connectivity index (χ1) is 12.7. The van der Waals surface area contributed by atoms with Crippen molar-refractivity contribution in [3.63, 3.8) is 0 Å². The number of carbonyl (C=O) groups is 1. The summed E-state index contributed by atoms with van der Waals surface area (Å²) >= 11 is 3.46. The van der Waals surface area contributed by atoms with Crippen molar-refractivity contribution in [1.82, 2.24) is 14.6 Å². The lowest BCUT2D eigenvalue weighted by Gasteiger charge is -2.18. The Balaban J connectivity index is 1.74. The van der Waals surface area contributed by atoms with E-state index in [9.17, 15) is 4.79 Å². The zero-order valence-corrected chi connectivity index (χ0v) is 15.3. The molecule has 0 saturated heterocycles. The number of carbonyl (C=O) groups excluding carboxylic acids is 1. The molecular weight excluding hydrogens is 392 g/mol. The fraction of sp³-hybridized carbons (Fsp3) is 0.0500. The van der Waals surface area contributed by atoms with Crippen LogP contribution in [0.4, 0.5) is 5.69 Å². The van der Waals surface area contributed by atoms with Gasteiger partial charge in [-0.2, -0.15) is 0 Å². The molecule has 0 radical (unpaired) electrons. The molecule has 0 aliphatic rings. The van der Waals surface area contributed by atoms with Gasteiger partial charge in [0.1, 0.15) is 6.33 Å². The molecule has 2 aromatic carbocycles. The highest BCUT2D eigenvalue weighted by molar-refractivity contribution is 9.10. The average Bonchev–Trinajstić information content (AvgIpc) is 3.12. The number of aromatic nitrogens is 3. The highest BCUT2D eigenvalue weighted by Crippen LogP contribution is 2.28. The quantitative estimate of drug-likeness (QED) is 0.550. The number of hydrogen-bond acceptors (Lipinski definition) is 3. The zero-order valence-electron chi connectivity index (χ0n) is 13.7. The summed E-state index contributed by atoms with van der Waals surface area (Å²) in [6.07, 6.45) is 3.44. The molecule has 0 saturated carbocycles. The van der Waals surface area contributed by atoms with Crippen LogP contribution in [0, 0.1) is 0 Å². The van der Waals surface area contributed by atoms with E-state index in [0.717, 1.165) is 15.6 Å². The summed E-state index contributed by atoms with van der Waals surface area (Å²) in [4.78, 5) is 13.2. The van der Waals surface area contributed by atoms with E-state index < -0.39 is 5.92 Å². The van der Waals surface area contributed by atoms with E-state index in [1.807, 2.05) is 72.9 Å². The molecule has 4 aromatic rings. The minimum Gasteiger partial charge on any atom is -0.322 e. The predicted octanol–water partition coefficient (Wildman–Crippen LogP) is 4.26. The summed E-state index contributed by atoms with van der Waals surface area (Å²) in [6, 6.07) is 21.3. The summed E-state index contributed by atoms with van der Waals surface area (Å²) in [5, 5.41) is 11.0. The Morgan fingerprint density at radius 1 is 1.00 bits per heavy atom. The molecule has 0 atom stereocenters. The standard InChI is InChI=1S/C20H15BrN4O/c21-16-11-17(19-24-22-13-25(19)12-16)23-20(26)18(14-7-3-1-4-8-14)15-9-5-2-6-10-15/h1-13,18H,(H,23,26). The Hall–Kier alpha value is -2.99. The van der Waals surface area contributed by atoms with E-state index in [-0.39, 0.29) is 5.91 Å². The summed E-state index contributed by atoms with van der Waals surface area (Å²) in [7, 11) is 0. The first kappa shape index (κ1) is 16.5. The van der Waals surface area contributed by atoms with Crippen LogP contribution in [0.5, 0.6) is 0 Å². The predicted molar refractivity (Wildman–Crippen MR) is 104 cm³/mol. The fourth-order valence-electron chi connectivity index (χ4n) is 2.99. The monoisotopic (exact) mass is 406 g/mol. The van der Waals surface area contributed by atoms with Crippen LogP contribution < -0.4 is 5.32 Å². The highest BCUT2D eigenvalue weighted by Gasteiger charge is 2.23. The molecule has 5 nitrogen and oxygen atoms in total. The van der Waals surface area contributed by atoms with Crippen molar-refractivity contribution >= 4 is 33.2 Å². The molecule has 2 aromatic heterocycles. The Morgan fingerprint density at radius 3 is 2.23 bits per heavy atom. The number of benzene rings is 2. The molecule has 0 bridgehead atoms. The first-order valence-corrected chi connectivity index (χ1v) is 8.91. The Morgan fingerprint density at radius 2 is 1.62 bits per heavy atom. The molecule has 1 amide bonds. The van der Waals surface area contributed by atoms with Gasteiger partial charge in [-0.25, -0.2) is 0 Å². The molecule has 0 aliphatic carbocycles. The lowest BCUT2D eigenvalue weighted by molar-refractivity contribution is -0.116. The van der Waals surface area contributed by atoms with Gasteiger partial charge in [-0.3, -0.25) is 9.20 Å². The number of pyridine rings is 1. The van der Waals surface area contributed by atoms with E-state index in [1.165, 1.54) is 0 Å². The molecule has 6 heteroatoms. The van der Waals surface area contributed by atoms with Crippen molar-refractivity contribution in [2.24, 2.45) is 0 Å². The third kappa shape index (κ3) is 3.23. The molecular formula is C20H15BrN4O. The van der Waals surface area contributed by atoms with Gasteiger partial charge in [-0.15, -0.1) is 10.2 Å². The second-order valence-corrected chi connectivity index (χ2v) is 6.79. The van der Waals surface area contributed by atoms with Crippen molar-refractivity contribution in [3.8, 4) is 0 Å². The maximum atomic E-state index is 13.2. The van der Waals surface area contributed by atoms with Gasteiger partial charge in [-0.05, 0) is 33.1 Å². The van der Waals surface area contributed by atoms with Crippen LogP contribution in [-0.4, -0.2) is 20.5 Å². The first-order valence-electron chi connectivity index (χ1n) is 8.12. The normalized spacial score (nSPS) is 11.0. The largest absolute Gasteiger partial charge is 0.322 e. The molecule has 128 valence electrons. The number of nitrogens with one attached hydrogen (secondary N) is 1. The third-order valence-corrected chi connectivity index (χ3v) is 4.58. The zero-order chi connectivity index (χ0) is 17.9. The van der Waals surface area contributed by atoms with E-state index in [4.69, 9.17) is 0 Å². The number of halogens is 1. The van der Waals surface area contributed by atoms with Gasteiger partial charge in [0.15, 0.2) is 5.65 Å². The number of nitrogens with zero attached hydrogens (tertiary/aromatic N) is 3. The van der Waals surface area contributed by atoms with E-state index >= 15 is 0 Å². The van der Waals surface area contributed by atoms with Crippen LogP contribution in [-0.2, 0) is 4.79 Å². The summed E-state index contributed by atoms with van der Waals surface area (Å²) in [5.74, 6) is -0.537. The van der Waals surface area contributed by atoms with Crippen LogP contribution >= 0.6 is 15.9 Å². The van der Waals surface area contributed by atoms with Crippen molar-refractivity contribution in [3.05, 3.63) is 94.9 Å². The third-order valence-electron chi connectivity index (χ3n) is 4.14. The molecule has 0 unspecified atom stereocenters. The summed E-state index contributed by atoms with van der Waals surface area (Å²) in [5.41, 5.74) is 3.08. The average molecular weight is 407 g/mol. The van der Waals surface area contributed by atoms with Gasteiger partial charge >= 0.3 is 0 Å². The van der Waals surface area contributed by atoms with Crippen LogP contribution in [0.25, 0.3) is 5.65 Å². The van der Waals surface area contributed by atoms with E-state index in [1.54, 1.807) is 10.7 Å². The van der Waals surface area contributed by atoms with Gasteiger partial charge in [0.2, 0.25) is 5.91 Å². The van der Waals surface area contributed by atoms with Gasteiger partial charge in [0.05, 0.1) is 11.6 Å². The molecule has 4 rings (SSSR count). The van der Waals surface area contributed by atoms with Gasteiger partial charge in [0.25, 0.3) is 0 Å². The van der Waals surface area contributed by atoms with E-state index in [0.29, 0.717) is 11.3 Å². The Labute approximate surface area is 158 Å². The maximum absolute atomic E-state index is 13.2. The topological polar surface area (TPSA) is 59.3 Å². The molecule has 1 N–H and O–H groups in total. The van der Waals surface area contributed by atoms with Gasteiger partial charge < -0.3 is 5.32 Å². The minimum atomic E-state index is -0.417. The van der Waals surface area contributed by atoms with Crippen molar-refractivity contribution in [1.29, 1.82) is 0 Å². The minimum absolute atomic E-state index is 0.120. The van der Waals surface area contributed by atoms with Crippen LogP contribution in [0.1, 0.15) is 17.0 Å². The van der Waals surface area contributed by atoms with Gasteiger partial charge in [0, 0.05) is 10.7 Å². The SMILES string of the molecule is O=C(Nc1cc(Br)cn2cnnc12)C(c1ccccc1)c1ccccc1. The molecule has 0 aliphatic heterocycles. The molecule has 0 spiro atoms. The summed E-state index contributed by atoms with van der Waals surface area (Å²) < 4.78 is 2.59. The Kier molecular flexibility index (Phi) is 4.50. The molecule has 0 fully saturated rings. The fourth-order valence-corrected chi connectivity index (χ4v) is 3.44. The lowest BCUT2D eigenvalue weighted by atomic mass is 9.90. The van der Waals surface area contributed by atoms with E-state index in [2.05, 4.69) is 31.4 Å². The maximum Gasteiger partial charge on any atom is 0.236 e. The van der Waals surface area contributed by atoms with Crippen LogP contribution in [0.3, 0.4) is 0 Å². The number of rotatable bonds is 4. The number of fused-ring (bicyclic) bond motifs is 1. The van der Waals surface area contributed by atoms with Crippen LogP contribution in [0.2, 0.25) is 0 Å². The Bertz CT molecular complexity index is 1010. The van der Waals surface area contributed by atoms with Crippen LogP contribution in [0.15, 0.2) is 83.7 Å². The van der Waals surface area contributed by atoms with Crippen molar-refractivity contribution in [2.75, 3.05) is 5.32 Å². The molecule has 26 heavy (non-hydrogen) atoms. The van der Waals surface area contributed by atoms with Crippen molar-refractivity contribution < 1.29 is 4.79 Å². The number of anilines is 1. The smallest absolute Gasteiger partial charge is 0.236 e. The second-order valence-electron chi connectivity index (χ2n) is 5.88. The number of hydrogen-bond donors (Lipinski definition) is 1. The summed E-state index contributed by atoms with van der Waals surface area (Å²) in [6.45, 7) is 0. The number of amides is 1. The molecule has 2 heterocycles.